The van der Waals surface area contributed by atoms with Gasteiger partial charge in [0.1, 0.15) is 0 Å². The van der Waals surface area contributed by atoms with Crippen molar-refractivity contribution in [3.63, 3.8) is 0 Å². The Hall–Kier alpha value is -3.15. The lowest BCUT2D eigenvalue weighted by Gasteiger charge is -2.11. The van der Waals surface area contributed by atoms with Gasteiger partial charge < -0.3 is 15.5 Å². The van der Waals surface area contributed by atoms with E-state index in [9.17, 15) is 9.59 Å². The minimum atomic E-state index is -0.163. The minimum Gasteiger partial charge on any atom is -0.355 e. The topological polar surface area (TPSA) is 61.4 Å². The lowest BCUT2D eigenvalue weighted by molar-refractivity contribution is -0.120. The molecule has 0 unspecified atom stereocenters. The van der Waals surface area contributed by atoms with Crippen molar-refractivity contribution >= 4 is 29.9 Å². The van der Waals surface area contributed by atoms with Gasteiger partial charge in [0.2, 0.25) is 5.91 Å². The zero-order chi connectivity index (χ0) is 21.3. The molecule has 2 amide bonds. The smallest absolute Gasteiger partial charge is 0.255 e. The van der Waals surface area contributed by atoms with Crippen LogP contribution in [0.4, 0.5) is 5.69 Å². The number of carbonyl (C=O) groups is 2. The molecule has 0 aliphatic carbocycles. The maximum Gasteiger partial charge on any atom is 0.255 e. The van der Waals surface area contributed by atoms with Gasteiger partial charge >= 0.3 is 0 Å². The van der Waals surface area contributed by atoms with Gasteiger partial charge in [0, 0.05) is 24.3 Å². The number of hydrogen-bond donors (Lipinski definition) is 2. The van der Waals surface area contributed by atoms with E-state index in [4.69, 9.17) is 0 Å². The Morgan fingerprint density at radius 1 is 0.806 bits per heavy atom. The fourth-order valence-corrected chi connectivity index (χ4v) is 3.02. The Labute approximate surface area is 189 Å². The highest BCUT2D eigenvalue weighted by atomic mass is 35.5. The molecule has 6 heteroatoms. The summed E-state index contributed by atoms with van der Waals surface area (Å²) in [6.45, 7) is 1.44. The molecule has 0 radical (unpaired) electrons. The highest BCUT2D eigenvalue weighted by molar-refractivity contribution is 6.04. The fourth-order valence-electron chi connectivity index (χ4n) is 3.02. The second-order valence-electron chi connectivity index (χ2n) is 7.42. The zero-order valence-corrected chi connectivity index (χ0v) is 18.6. The maximum absolute atomic E-state index is 12.5. The Balaban J connectivity index is 0.00000341. The number of nitrogens with one attached hydrogen (secondary N) is 2. The monoisotopic (exact) mass is 437 g/mol. The molecule has 3 aromatic rings. The third-order valence-corrected chi connectivity index (χ3v) is 4.71. The number of anilines is 1. The minimum absolute atomic E-state index is 0. The van der Waals surface area contributed by atoms with Crippen LogP contribution in [0, 0.1) is 0 Å². The number of benzene rings is 3. The molecule has 0 spiro atoms. The Bertz CT molecular complexity index is 972. The van der Waals surface area contributed by atoms with Gasteiger partial charge in [-0.15, -0.1) is 12.4 Å². The Kier molecular flexibility index (Phi) is 9.25. The summed E-state index contributed by atoms with van der Waals surface area (Å²) in [5, 5.41) is 5.80. The van der Waals surface area contributed by atoms with E-state index in [1.807, 2.05) is 97.9 Å². The van der Waals surface area contributed by atoms with Crippen LogP contribution in [0.15, 0.2) is 78.9 Å². The summed E-state index contributed by atoms with van der Waals surface area (Å²) in [6, 6.07) is 24.9. The third kappa shape index (κ3) is 7.55. The molecule has 0 aromatic heterocycles. The van der Waals surface area contributed by atoms with E-state index in [0.29, 0.717) is 24.2 Å². The van der Waals surface area contributed by atoms with E-state index < -0.39 is 0 Å². The molecule has 31 heavy (non-hydrogen) atoms. The normalized spacial score (nSPS) is 10.3. The quantitative estimate of drug-likeness (QED) is 0.553. The fraction of sp³-hybridized carbons (Fsp3) is 0.200. The van der Waals surface area contributed by atoms with E-state index in [0.717, 1.165) is 23.2 Å². The van der Waals surface area contributed by atoms with Gasteiger partial charge in [-0.25, -0.2) is 0 Å². The van der Waals surface area contributed by atoms with Gasteiger partial charge in [0.05, 0.1) is 6.42 Å². The average Bonchev–Trinajstić information content (AvgIpc) is 2.75. The first-order chi connectivity index (χ1) is 14.5. The van der Waals surface area contributed by atoms with Crippen molar-refractivity contribution in [2.45, 2.75) is 6.42 Å². The predicted octanol–water partition coefficient (Wildman–Crippen LogP) is 4.25. The number of hydrogen-bond acceptors (Lipinski definition) is 3. The first-order valence-electron chi connectivity index (χ1n) is 9.98. The molecule has 3 aromatic carbocycles. The van der Waals surface area contributed by atoms with Crippen molar-refractivity contribution in [2.24, 2.45) is 0 Å². The van der Waals surface area contributed by atoms with Crippen LogP contribution < -0.4 is 10.6 Å². The lowest BCUT2D eigenvalue weighted by atomic mass is 10.0. The van der Waals surface area contributed by atoms with Crippen molar-refractivity contribution in [3.05, 3.63) is 90.0 Å². The van der Waals surface area contributed by atoms with Crippen LogP contribution in [0.1, 0.15) is 15.9 Å². The number of likely N-dealkylation sites (N-methyl/N-ethyl adjacent to an activating group) is 1. The van der Waals surface area contributed by atoms with Crippen molar-refractivity contribution in [1.29, 1.82) is 0 Å². The summed E-state index contributed by atoms with van der Waals surface area (Å²) in [4.78, 5) is 26.5. The van der Waals surface area contributed by atoms with Gasteiger partial charge in [-0.1, -0.05) is 54.6 Å². The van der Waals surface area contributed by atoms with Crippen molar-refractivity contribution in [1.82, 2.24) is 10.2 Å². The number of rotatable bonds is 8. The molecule has 0 aliphatic rings. The molecule has 0 bridgehead atoms. The van der Waals surface area contributed by atoms with Gasteiger partial charge in [-0.2, -0.15) is 0 Å². The Morgan fingerprint density at radius 2 is 1.42 bits per heavy atom. The van der Waals surface area contributed by atoms with Gasteiger partial charge in [0.25, 0.3) is 5.91 Å². The molecule has 0 saturated carbocycles. The number of carbonyl (C=O) groups excluding carboxylic acids is 2. The first-order valence-corrected chi connectivity index (χ1v) is 9.98. The summed E-state index contributed by atoms with van der Waals surface area (Å²) in [5.41, 5.74) is 4.39. The van der Waals surface area contributed by atoms with Crippen molar-refractivity contribution in [3.8, 4) is 11.1 Å². The van der Waals surface area contributed by atoms with E-state index in [1.54, 1.807) is 0 Å². The lowest BCUT2D eigenvalue weighted by Crippen LogP contribution is -2.32. The van der Waals surface area contributed by atoms with Crippen LogP contribution in [0.5, 0.6) is 0 Å². The maximum atomic E-state index is 12.5. The molecular weight excluding hydrogens is 410 g/mol. The second-order valence-corrected chi connectivity index (χ2v) is 7.42. The van der Waals surface area contributed by atoms with Crippen molar-refractivity contribution < 1.29 is 9.59 Å². The standard InChI is InChI=1S/C25H27N3O2.ClH/c1-28(2)17-16-26-24(29)18-19-8-14-23(15-9-19)27-25(30)22-12-10-21(11-13-22)20-6-4-3-5-7-20;/h3-15H,16-18H2,1-2H3,(H,26,29)(H,27,30);1H. The van der Waals surface area contributed by atoms with Crippen LogP contribution in [0.2, 0.25) is 0 Å². The second kappa shape index (κ2) is 11.9. The third-order valence-electron chi connectivity index (χ3n) is 4.71. The molecule has 5 nitrogen and oxygen atoms in total. The largest absolute Gasteiger partial charge is 0.355 e. The molecule has 3 rings (SSSR count). The van der Waals surface area contributed by atoms with Gasteiger partial charge in [-0.3, -0.25) is 9.59 Å². The molecule has 0 atom stereocenters. The zero-order valence-electron chi connectivity index (χ0n) is 17.8. The number of halogens is 1. The van der Waals surface area contributed by atoms with Crippen LogP contribution in [-0.4, -0.2) is 43.9 Å². The van der Waals surface area contributed by atoms with Crippen LogP contribution in [0.3, 0.4) is 0 Å². The van der Waals surface area contributed by atoms with Crippen LogP contribution in [-0.2, 0) is 11.2 Å². The number of nitrogens with zero attached hydrogens (tertiary/aromatic N) is 1. The van der Waals surface area contributed by atoms with Gasteiger partial charge in [0.15, 0.2) is 0 Å². The highest BCUT2D eigenvalue weighted by Crippen LogP contribution is 2.20. The molecular formula is C25H28ClN3O2. The van der Waals surface area contributed by atoms with E-state index in [1.165, 1.54) is 0 Å². The first kappa shape index (κ1) is 24.1. The highest BCUT2D eigenvalue weighted by Gasteiger charge is 2.08. The molecule has 0 heterocycles. The van der Waals surface area contributed by atoms with Crippen molar-refractivity contribution in [2.75, 3.05) is 32.5 Å². The summed E-state index contributed by atoms with van der Waals surface area (Å²) < 4.78 is 0. The van der Waals surface area contributed by atoms with Crippen LogP contribution >= 0.6 is 12.4 Å². The average molecular weight is 438 g/mol. The summed E-state index contributed by atoms with van der Waals surface area (Å²) in [5.74, 6) is -0.170. The molecule has 0 saturated heterocycles. The summed E-state index contributed by atoms with van der Waals surface area (Å²) in [7, 11) is 3.94. The summed E-state index contributed by atoms with van der Waals surface area (Å²) >= 11 is 0. The van der Waals surface area contributed by atoms with Gasteiger partial charge in [-0.05, 0) is 55.1 Å². The van der Waals surface area contributed by atoms with E-state index in [-0.39, 0.29) is 24.2 Å². The molecule has 0 aliphatic heterocycles. The molecule has 162 valence electrons. The van der Waals surface area contributed by atoms with E-state index in [2.05, 4.69) is 10.6 Å². The van der Waals surface area contributed by atoms with Crippen LogP contribution in [0.25, 0.3) is 11.1 Å². The van der Waals surface area contributed by atoms with E-state index >= 15 is 0 Å². The SMILES string of the molecule is CN(C)CCNC(=O)Cc1ccc(NC(=O)c2ccc(-c3ccccc3)cc2)cc1.Cl. The Morgan fingerprint density at radius 3 is 2.03 bits per heavy atom. The summed E-state index contributed by atoms with van der Waals surface area (Å²) in [6.07, 6.45) is 0.322. The molecule has 0 fully saturated rings. The predicted molar refractivity (Wildman–Crippen MR) is 129 cm³/mol. The molecule has 2 N–H and O–H groups in total. The number of amides is 2.